The first-order valence-electron chi connectivity index (χ1n) is 13.5. The van der Waals surface area contributed by atoms with Crippen LogP contribution >= 0.6 is 0 Å². The van der Waals surface area contributed by atoms with E-state index in [0.717, 1.165) is 37.7 Å². The lowest BCUT2D eigenvalue weighted by atomic mass is 9.44. The monoisotopic (exact) mass is 516 g/mol. The predicted molar refractivity (Wildman–Crippen MR) is 136 cm³/mol. The summed E-state index contributed by atoms with van der Waals surface area (Å²) in [6.07, 6.45) is 6.06. The van der Waals surface area contributed by atoms with Crippen LogP contribution in [0, 0.1) is 47.3 Å². The Morgan fingerprint density at radius 2 is 1.75 bits per heavy atom. The molecular weight excluding hydrogens is 476 g/mol. The largest absolute Gasteiger partial charge is 0.377 e. The van der Waals surface area contributed by atoms with Crippen molar-refractivity contribution in [3.8, 4) is 0 Å². The first-order valence-corrected chi connectivity index (χ1v) is 14.9. The topological polar surface area (TPSA) is 86.7 Å². The number of ketones is 2. The summed E-state index contributed by atoms with van der Waals surface area (Å²) >= 11 is 0. The number of benzene rings is 1. The molecule has 0 spiro atoms. The molecule has 4 aliphatic carbocycles. The highest BCUT2D eigenvalue weighted by Gasteiger charge is 2.64. The summed E-state index contributed by atoms with van der Waals surface area (Å²) in [5.41, 5.74) is 0.604. The van der Waals surface area contributed by atoms with E-state index in [1.807, 2.05) is 6.92 Å². The van der Waals surface area contributed by atoms with Gasteiger partial charge in [0.1, 0.15) is 12.4 Å². The Hall–Kier alpha value is -1.57. The van der Waals surface area contributed by atoms with Crippen LogP contribution in [0.2, 0.25) is 0 Å². The normalized spacial score (nSPS) is 40.3. The average Bonchev–Trinajstić information content (AvgIpc) is 3.16. The maximum atomic E-state index is 13.8. The molecule has 0 bridgehead atoms. The molecule has 0 aliphatic heterocycles. The molecule has 0 heterocycles. The molecule has 0 saturated heterocycles. The van der Waals surface area contributed by atoms with Gasteiger partial charge in [-0.25, -0.2) is 0 Å². The zero-order chi connectivity index (χ0) is 25.9. The Morgan fingerprint density at radius 3 is 2.44 bits per heavy atom. The number of rotatable bonds is 6. The van der Waals surface area contributed by atoms with E-state index in [9.17, 15) is 18.0 Å². The fourth-order valence-corrected chi connectivity index (χ4v) is 9.95. The van der Waals surface area contributed by atoms with Crippen molar-refractivity contribution < 1.29 is 26.9 Å². The quantitative estimate of drug-likeness (QED) is 0.488. The highest BCUT2D eigenvalue weighted by Crippen LogP contribution is 2.66. The first kappa shape index (κ1) is 26.1. The lowest BCUT2D eigenvalue weighted by molar-refractivity contribution is -0.162. The highest BCUT2D eigenvalue weighted by molar-refractivity contribution is 7.86. The van der Waals surface area contributed by atoms with E-state index >= 15 is 0 Å². The van der Waals surface area contributed by atoms with Crippen LogP contribution in [0.15, 0.2) is 29.2 Å². The number of carbonyl (C=O) groups is 2. The number of Topliss-reactive ketones (excluding diaryl/α,β-unsaturated/α-hetero) is 2. The molecule has 4 saturated carbocycles. The summed E-state index contributed by atoms with van der Waals surface area (Å²) in [6, 6.07) is 6.78. The van der Waals surface area contributed by atoms with Gasteiger partial charge in [0.15, 0.2) is 5.78 Å². The summed E-state index contributed by atoms with van der Waals surface area (Å²) in [4.78, 5) is 26.8. The van der Waals surface area contributed by atoms with Crippen molar-refractivity contribution in [1.82, 2.24) is 0 Å². The van der Waals surface area contributed by atoms with E-state index in [1.165, 1.54) is 0 Å². The Morgan fingerprint density at radius 1 is 1.03 bits per heavy atom. The number of fused-ring (bicyclic) bond motifs is 5. The number of methoxy groups -OCH3 is 1. The fourth-order valence-electron chi connectivity index (χ4n) is 8.83. The van der Waals surface area contributed by atoms with Gasteiger partial charge in [-0.2, -0.15) is 8.42 Å². The molecule has 0 N–H and O–H groups in total. The molecule has 6 nitrogen and oxygen atoms in total. The van der Waals surface area contributed by atoms with Crippen molar-refractivity contribution in [2.24, 2.45) is 40.4 Å². The molecule has 5 rings (SSSR count). The predicted octanol–water partition coefficient (Wildman–Crippen LogP) is 5.12. The first-order chi connectivity index (χ1) is 17.0. The van der Waals surface area contributed by atoms with Crippen LogP contribution in [-0.2, 0) is 28.6 Å². The fraction of sp³-hybridized carbons (Fsp3) is 0.724. The lowest BCUT2D eigenvalue weighted by Gasteiger charge is -2.59. The van der Waals surface area contributed by atoms with Crippen molar-refractivity contribution in [2.45, 2.75) is 83.1 Å². The molecule has 198 valence electrons. The van der Waals surface area contributed by atoms with Crippen LogP contribution in [0.3, 0.4) is 0 Å². The van der Waals surface area contributed by atoms with Crippen molar-refractivity contribution in [3.05, 3.63) is 29.8 Å². The van der Waals surface area contributed by atoms with Gasteiger partial charge in [-0.05, 0) is 92.6 Å². The van der Waals surface area contributed by atoms with E-state index < -0.39 is 10.1 Å². The molecule has 8 atom stereocenters. The van der Waals surface area contributed by atoms with E-state index in [0.29, 0.717) is 36.9 Å². The zero-order valence-electron chi connectivity index (χ0n) is 22.0. The van der Waals surface area contributed by atoms with Gasteiger partial charge in [0.25, 0.3) is 10.1 Å². The third kappa shape index (κ3) is 4.19. The molecule has 36 heavy (non-hydrogen) atoms. The maximum absolute atomic E-state index is 13.8. The van der Waals surface area contributed by atoms with Gasteiger partial charge in [-0.3, -0.25) is 13.8 Å². The molecule has 1 aromatic carbocycles. The van der Waals surface area contributed by atoms with Crippen LogP contribution in [0.1, 0.15) is 70.8 Å². The molecule has 0 unspecified atom stereocenters. The number of carbonyl (C=O) groups excluding carboxylic acids is 2. The average molecular weight is 517 g/mol. The minimum Gasteiger partial charge on any atom is -0.377 e. The van der Waals surface area contributed by atoms with Crippen LogP contribution in [0.5, 0.6) is 0 Å². The second kappa shape index (κ2) is 9.32. The second-order valence-electron chi connectivity index (χ2n) is 12.5. The Labute approximate surface area is 215 Å². The molecule has 4 fully saturated rings. The SMILES string of the molecule is COCC(=O)[C@H]1CC[C@H]2[C@@H]3CC[C@H]4C[C@H](OS(=O)(=O)c5ccc(C)cc5)CC[C@]4(C)[C@H]3C(=O)C[C@]12C. The van der Waals surface area contributed by atoms with Gasteiger partial charge in [0.05, 0.1) is 11.0 Å². The number of hydrogen-bond acceptors (Lipinski definition) is 6. The smallest absolute Gasteiger partial charge is 0.297 e. The number of hydrogen-bond donors (Lipinski definition) is 0. The highest BCUT2D eigenvalue weighted by atomic mass is 32.2. The summed E-state index contributed by atoms with van der Waals surface area (Å²) < 4.78 is 36.7. The Bertz CT molecular complexity index is 1130. The van der Waals surface area contributed by atoms with Gasteiger partial charge >= 0.3 is 0 Å². The third-order valence-electron chi connectivity index (χ3n) is 10.5. The lowest BCUT2D eigenvalue weighted by Crippen LogP contribution is -2.58. The summed E-state index contributed by atoms with van der Waals surface area (Å²) in [6.45, 7) is 6.49. The minimum atomic E-state index is -3.82. The van der Waals surface area contributed by atoms with Crippen LogP contribution < -0.4 is 0 Å². The number of ether oxygens (including phenoxy) is 1. The van der Waals surface area contributed by atoms with Gasteiger partial charge in [0.2, 0.25) is 0 Å². The Balaban J connectivity index is 1.32. The second-order valence-corrected chi connectivity index (χ2v) is 14.0. The van der Waals surface area contributed by atoms with Crippen molar-refractivity contribution in [3.63, 3.8) is 0 Å². The number of aryl methyl sites for hydroxylation is 1. The van der Waals surface area contributed by atoms with Gasteiger partial charge in [-0.1, -0.05) is 31.5 Å². The van der Waals surface area contributed by atoms with Gasteiger partial charge < -0.3 is 4.74 Å². The van der Waals surface area contributed by atoms with E-state index in [1.54, 1.807) is 31.4 Å². The molecule has 1 aromatic rings. The molecule has 0 radical (unpaired) electrons. The van der Waals surface area contributed by atoms with Crippen molar-refractivity contribution in [1.29, 1.82) is 0 Å². The van der Waals surface area contributed by atoms with E-state index in [2.05, 4.69) is 13.8 Å². The Kier molecular flexibility index (Phi) is 6.74. The summed E-state index contributed by atoms with van der Waals surface area (Å²) in [5.74, 6) is 1.34. The van der Waals surface area contributed by atoms with Gasteiger partial charge in [0, 0.05) is 25.4 Å². The minimum absolute atomic E-state index is 0.000239. The summed E-state index contributed by atoms with van der Waals surface area (Å²) in [7, 11) is -2.26. The molecular formula is C29H40O6S. The van der Waals surface area contributed by atoms with Crippen molar-refractivity contribution >= 4 is 21.7 Å². The molecule has 4 aliphatic rings. The summed E-state index contributed by atoms with van der Waals surface area (Å²) in [5, 5.41) is 0. The van der Waals surface area contributed by atoms with Crippen LogP contribution in [0.4, 0.5) is 0 Å². The van der Waals surface area contributed by atoms with Gasteiger partial charge in [-0.15, -0.1) is 0 Å². The maximum Gasteiger partial charge on any atom is 0.297 e. The molecule has 7 heteroatoms. The molecule has 0 aromatic heterocycles. The molecule has 0 amide bonds. The van der Waals surface area contributed by atoms with Crippen molar-refractivity contribution in [2.75, 3.05) is 13.7 Å². The van der Waals surface area contributed by atoms with E-state index in [-0.39, 0.29) is 52.0 Å². The van der Waals surface area contributed by atoms with Crippen LogP contribution in [-0.4, -0.2) is 39.8 Å². The van der Waals surface area contributed by atoms with E-state index in [4.69, 9.17) is 8.92 Å². The van der Waals surface area contributed by atoms with Crippen LogP contribution in [0.25, 0.3) is 0 Å². The zero-order valence-corrected chi connectivity index (χ0v) is 22.8. The standard InChI is InChI=1S/C29H40O6S/c1-18-5-8-21(9-6-18)36(32,33)35-20-13-14-28(2)19(15-20)7-10-22-23-11-12-24(26(31)17-34-4)29(23,3)16-25(30)27(22)28/h5-6,8-9,19-20,22-24,27H,7,10-17H2,1-4H3/t19-,20+,22-,23-,24+,27+,28-,29-/m0/s1. The third-order valence-corrected chi connectivity index (χ3v) is 11.9.